The molecule has 4 rings (SSSR count). The van der Waals surface area contributed by atoms with Crippen LogP contribution in [-0.4, -0.2) is 18.0 Å². The van der Waals surface area contributed by atoms with Gasteiger partial charge in [0.25, 0.3) is 5.91 Å². The van der Waals surface area contributed by atoms with E-state index in [9.17, 15) is 9.18 Å². The van der Waals surface area contributed by atoms with Crippen molar-refractivity contribution in [3.05, 3.63) is 89.7 Å². The van der Waals surface area contributed by atoms with Gasteiger partial charge < -0.3 is 4.74 Å². The number of methoxy groups -OCH3 is 1. The van der Waals surface area contributed by atoms with Crippen molar-refractivity contribution in [3.63, 3.8) is 0 Å². The molecule has 4 nitrogen and oxygen atoms in total. The number of amides is 1. The van der Waals surface area contributed by atoms with Crippen molar-refractivity contribution < 1.29 is 13.9 Å². The van der Waals surface area contributed by atoms with Crippen LogP contribution in [-0.2, 0) is 6.54 Å². The maximum absolute atomic E-state index is 13.7. The summed E-state index contributed by atoms with van der Waals surface area (Å²) in [7, 11) is 1.61. The summed E-state index contributed by atoms with van der Waals surface area (Å²) < 4.78 is 19.9. The van der Waals surface area contributed by atoms with Gasteiger partial charge >= 0.3 is 0 Å². The van der Waals surface area contributed by atoms with Crippen LogP contribution < -0.4 is 9.64 Å². The van der Waals surface area contributed by atoms with Gasteiger partial charge in [-0.3, -0.25) is 9.69 Å². The number of thiazole rings is 1. The predicted molar refractivity (Wildman–Crippen MR) is 110 cm³/mol. The number of carbonyl (C=O) groups is 1. The van der Waals surface area contributed by atoms with E-state index in [-0.39, 0.29) is 11.5 Å². The lowest BCUT2D eigenvalue weighted by Gasteiger charge is -2.20. The van der Waals surface area contributed by atoms with Crippen molar-refractivity contribution in [1.29, 1.82) is 0 Å². The molecule has 140 valence electrons. The van der Waals surface area contributed by atoms with E-state index >= 15 is 0 Å². The minimum atomic E-state index is -0.445. The average molecular weight is 392 g/mol. The summed E-state index contributed by atoms with van der Waals surface area (Å²) in [6, 6.07) is 21.0. The molecule has 0 atom stereocenters. The van der Waals surface area contributed by atoms with Gasteiger partial charge in [0.05, 0.1) is 23.9 Å². The monoisotopic (exact) mass is 392 g/mol. The third kappa shape index (κ3) is 3.73. The topological polar surface area (TPSA) is 42.4 Å². The van der Waals surface area contributed by atoms with Crippen molar-refractivity contribution >= 4 is 32.6 Å². The summed E-state index contributed by atoms with van der Waals surface area (Å²) >= 11 is 1.40. The van der Waals surface area contributed by atoms with Crippen LogP contribution in [0.25, 0.3) is 10.2 Å². The molecule has 0 N–H and O–H groups in total. The van der Waals surface area contributed by atoms with E-state index in [1.807, 2.05) is 48.5 Å². The van der Waals surface area contributed by atoms with Crippen LogP contribution in [0.3, 0.4) is 0 Å². The zero-order chi connectivity index (χ0) is 19.5. The maximum atomic E-state index is 13.7. The van der Waals surface area contributed by atoms with Crippen molar-refractivity contribution in [2.45, 2.75) is 6.54 Å². The molecule has 1 amide bonds. The van der Waals surface area contributed by atoms with Gasteiger partial charge in [0.2, 0.25) is 0 Å². The average Bonchev–Trinajstić information content (AvgIpc) is 3.15. The highest BCUT2D eigenvalue weighted by Gasteiger charge is 2.22. The third-order valence-electron chi connectivity index (χ3n) is 4.32. The van der Waals surface area contributed by atoms with E-state index in [1.54, 1.807) is 18.1 Å². The van der Waals surface area contributed by atoms with Crippen LogP contribution in [0.4, 0.5) is 9.52 Å². The van der Waals surface area contributed by atoms with Crippen LogP contribution in [0.2, 0.25) is 0 Å². The fourth-order valence-corrected chi connectivity index (χ4v) is 3.90. The van der Waals surface area contributed by atoms with E-state index in [1.165, 1.54) is 29.5 Å². The molecule has 0 fully saturated rings. The number of anilines is 1. The van der Waals surface area contributed by atoms with Gasteiger partial charge in [0, 0.05) is 5.56 Å². The van der Waals surface area contributed by atoms with Crippen molar-refractivity contribution in [2.75, 3.05) is 12.0 Å². The molecule has 4 aromatic rings. The van der Waals surface area contributed by atoms with E-state index in [0.29, 0.717) is 11.7 Å². The van der Waals surface area contributed by atoms with E-state index in [4.69, 9.17) is 4.74 Å². The lowest BCUT2D eigenvalue weighted by atomic mass is 10.1. The second-order valence-corrected chi connectivity index (χ2v) is 7.23. The van der Waals surface area contributed by atoms with Crippen molar-refractivity contribution in [2.24, 2.45) is 0 Å². The Morgan fingerprint density at radius 2 is 1.89 bits per heavy atom. The smallest absolute Gasteiger partial charge is 0.260 e. The molecule has 0 saturated heterocycles. The van der Waals surface area contributed by atoms with Gasteiger partial charge in [-0.1, -0.05) is 47.7 Å². The lowest BCUT2D eigenvalue weighted by Crippen LogP contribution is -2.30. The molecule has 0 saturated carbocycles. The quantitative estimate of drug-likeness (QED) is 0.463. The fourth-order valence-electron chi connectivity index (χ4n) is 2.90. The second kappa shape index (κ2) is 7.78. The van der Waals surface area contributed by atoms with E-state index in [2.05, 4.69) is 4.98 Å². The normalized spacial score (nSPS) is 10.8. The van der Waals surface area contributed by atoms with Crippen LogP contribution in [0.15, 0.2) is 72.8 Å². The number of rotatable bonds is 5. The Morgan fingerprint density at radius 3 is 2.64 bits per heavy atom. The number of ether oxygens (including phenoxy) is 1. The zero-order valence-electron chi connectivity index (χ0n) is 15.1. The van der Waals surface area contributed by atoms with Crippen molar-refractivity contribution in [1.82, 2.24) is 4.98 Å². The zero-order valence-corrected chi connectivity index (χ0v) is 15.9. The summed E-state index contributed by atoms with van der Waals surface area (Å²) in [5, 5.41) is 0.557. The van der Waals surface area contributed by atoms with Crippen LogP contribution in [0.5, 0.6) is 5.75 Å². The largest absolute Gasteiger partial charge is 0.497 e. The number of halogens is 1. The number of carbonyl (C=O) groups excluding carboxylic acids is 1. The van der Waals surface area contributed by atoms with Crippen LogP contribution in [0.1, 0.15) is 15.9 Å². The molecule has 6 heteroatoms. The second-order valence-electron chi connectivity index (χ2n) is 6.22. The molecule has 0 radical (unpaired) electrons. The van der Waals surface area contributed by atoms with Gasteiger partial charge in [0.15, 0.2) is 5.13 Å². The number of hydrogen-bond acceptors (Lipinski definition) is 4. The maximum Gasteiger partial charge on any atom is 0.260 e. The van der Waals surface area contributed by atoms with Crippen molar-refractivity contribution in [3.8, 4) is 5.75 Å². The summed E-state index contributed by atoms with van der Waals surface area (Å²) in [4.78, 5) is 19.4. The molecular weight excluding hydrogens is 375 g/mol. The highest BCUT2D eigenvalue weighted by Crippen LogP contribution is 2.33. The Kier molecular flexibility index (Phi) is 5.04. The van der Waals surface area contributed by atoms with Gasteiger partial charge in [0.1, 0.15) is 11.6 Å². The van der Waals surface area contributed by atoms with Gasteiger partial charge in [-0.15, -0.1) is 0 Å². The molecule has 0 aliphatic carbocycles. The Hall–Kier alpha value is -3.25. The van der Waals surface area contributed by atoms with E-state index < -0.39 is 5.82 Å². The molecule has 0 aliphatic rings. The first-order valence-corrected chi connectivity index (χ1v) is 9.51. The minimum absolute atomic E-state index is 0.285. The summed E-state index contributed by atoms with van der Waals surface area (Å²) in [6.07, 6.45) is 0. The van der Waals surface area contributed by atoms with Gasteiger partial charge in [-0.25, -0.2) is 9.37 Å². The van der Waals surface area contributed by atoms with Gasteiger partial charge in [-0.2, -0.15) is 0 Å². The first-order chi connectivity index (χ1) is 13.6. The highest BCUT2D eigenvalue weighted by atomic mass is 32.1. The molecule has 0 unspecified atom stereocenters. The Morgan fingerprint density at radius 1 is 1.07 bits per heavy atom. The highest BCUT2D eigenvalue weighted by molar-refractivity contribution is 7.22. The molecule has 3 aromatic carbocycles. The Labute approximate surface area is 165 Å². The number of nitrogens with zero attached hydrogens (tertiary/aromatic N) is 2. The van der Waals surface area contributed by atoms with Crippen LogP contribution in [0, 0.1) is 5.82 Å². The standard InChI is InChI=1S/C22H17FN2O2S/c1-27-18-10-11-19-20(13-18)28-22(24-19)25(14-15-6-3-2-4-7-15)21(26)16-8-5-9-17(23)12-16/h2-13H,14H2,1H3. The molecule has 0 spiro atoms. The number of fused-ring (bicyclic) bond motifs is 1. The summed E-state index contributed by atoms with van der Waals surface area (Å²) in [5.41, 5.74) is 2.03. The Bertz CT molecular complexity index is 1130. The molecule has 1 heterocycles. The molecular formula is C22H17FN2O2S. The molecule has 28 heavy (non-hydrogen) atoms. The van der Waals surface area contributed by atoms with E-state index in [0.717, 1.165) is 21.5 Å². The predicted octanol–water partition coefficient (Wildman–Crippen LogP) is 5.29. The third-order valence-corrected chi connectivity index (χ3v) is 5.36. The van der Waals surface area contributed by atoms with Crippen LogP contribution >= 0.6 is 11.3 Å². The summed E-state index contributed by atoms with van der Waals surface area (Å²) in [5.74, 6) is -0.0114. The number of benzene rings is 3. The molecule has 0 bridgehead atoms. The SMILES string of the molecule is COc1ccc2nc(N(Cc3ccccc3)C(=O)c3cccc(F)c3)sc2c1. The summed E-state index contributed by atoms with van der Waals surface area (Å²) in [6.45, 7) is 0.340. The fraction of sp³-hybridized carbons (Fsp3) is 0.0909. The number of hydrogen-bond donors (Lipinski definition) is 0. The lowest BCUT2D eigenvalue weighted by molar-refractivity contribution is 0.0984. The molecule has 1 aromatic heterocycles. The minimum Gasteiger partial charge on any atom is -0.497 e. The number of aromatic nitrogens is 1. The first-order valence-electron chi connectivity index (χ1n) is 8.70. The van der Waals surface area contributed by atoms with Gasteiger partial charge in [-0.05, 0) is 42.0 Å². The first kappa shape index (κ1) is 18.1. The Balaban J connectivity index is 1.77. The molecule has 0 aliphatic heterocycles.